The lowest BCUT2D eigenvalue weighted by molar-refractivity contribution is -0.384. The Labute approximate surface area is 232 Å². The first-order valence-corrected chi connectivity index (χ1v) is 12.8. The maximum Gasteiger partial charge on any atom is 0.338 e. The van der Waals surface area contributed by atoms with Crippen molar-refractivity contribution < 1.29 is 28.8 Å². The fourth-order valence-corrected chi connectivity index (χ4v) is 4.89. The number of carbonyl (C=O) groups excluding carboxylic acids is 4. The quantitative estimate of drug-likeness (QED) is 0.0871. The number of ketones is 1. The highest BCUT2D eigenvalue weighted by molar-refractivity contribution is 7.99. The molecule has 0 aliphatic carbocycles. The number of Topliss-reactive ketones (excluding diaryl/α,β-unsaturated/α-hetero) is 1. The average Bonchev–Trinajstić information content (AvgIpc) is 3.22. The summed E-state index contributed by atoms with van der Waals surface area (Å²) < 4.78 is 5.09. The summed E-state index contributed by atoms with van der Waals surface area (Å²) in [6.07, 6.45) is 0. The summed E-state index contributed by atoms with van der Waals surface area (Å²) in [5, 5.41) is 10.8. The van der Waals surface area contributed by atoms with Crippen LogP contribution in [0.5, 0.6) is 0 Å². The first-order chi connectivity index (χ1) is 19.2. The van der Waals surface area contributed by atoms with E-state index in [-0.39, 0.29) is 27.9 Å². The number of amides is 2. The molecule has 0 spiro atoms. The van der Waals surface area contributed by atoms with Crippen LogP contribution in [0.1, 0.15) is 47.0 Å². The van der Waals surface area contributed by atoms with Crippen LogP contribution in [0.2, 0.25) is 0 Å². The smallest absolute Gasteiger partial charge is 0.338 e. The Bertz CT molecular complexity index is 1660. The minimum atomic E-state index is -0.853. The number of esters is 1. The highest BCUT2D eigenvalue weighted by Gasteiger charge is 2.37. The van der Waals surface area contributed by atoms with Gasteiger partial charge >= 0.3 is 5.97 Å². The zero-order valence-electron chi connectivity index (χ0n) is 21.0. The van der Waals surface area contributed by atoms with E-state index < -0.39 is 35.1 Å². The zero-order valence-corrected chi connectivity index (χ0v) is 21.8. The maximum atomic E-state index is 13.2. The van der Waals surface area contributed by atoms with Gasteiger partial charge in [0.05, 0.1) is 27.3 Å². The van der Waals surface area contributed by atoms with Crippen LogP contribution in [0, 0.1) is 17.0 Å². The maximum absolute atomic E-state index is 13.2. The van der Waals surface area contributed by atoms with Crippen molar-refractivity contribution in [2.45, 2.75) is 16.7 Å². The van der Waals surface area contributed by atoms with Gasteiger partial charge in [-0.2, -0.15) is 0 Å². The standard InChI is InChI=1S/C30H20N2O7S/c1-18-2-11-23(12-3-18)40-24-13-9-21(10-14-24)31-28(34)25-15-6-20(16-26(25)29(31)35)30(36)39-17-27(33)19-4-7-22(8-5-19)32(37)38/h2-16H,17H2,1H3. The number of nitro benzene ring substituents is 1. The van der Waals surface area contributed by atoms with Crippen LogP contribution in [0.25, 0.3) is 0 Å². The molecule has 4 aromatic rings. The van der Waals surface area contributed by atoms with E-state index in [0.717, 1.165) is 20.3 Å². The van der Waals surface area contributed by atoms with E-state index in [2.05, 4.69) is 0 Å². The van der Waals surface area contributed by atoms with Crippen LogP contribution in [-0.2, 0) is 4.74 Å². The first kappa shape index (κ1) is 26.5. The Hall–Kier alpha value is -5.09. The SMILES string of the molecule is Cc1ccc(Sc2ccc(N3C(=O)c4ccc(C(=O)OCC(=O)c5ccc([N+](=O)[O-])cc5)cc4C3=O)cc2)cc1. The third-order valence-corrected chi connectivity index (χ3v) is 7.22. The predicted molar refractivity (Wildman–Crippen MR) is 147 cm³/mol. The summed E-state index contributed by atoms with van der Waals surface area (Å²) in [7, 11) is 0. The molecular formula is C30H20N2O7S. The lowest BCUT2D eigenvalue weighted by Crippen LogP contribution is -2.29. The summed E-state index contributed by atoms with van der Waals surface area (Å²) in [5.41, 5.74) is 1.75. The number of fused-ring (bicyclic) bond motifs is 1. The third kappa shape index (κ3) is 5.38. The molecule has 2 amide bonds. The number of non-ortho nitro benzene ring substituents is 1. The van der Waals surface area contributed by atoms with Crippen molar-refractivity contribution in [3.63, 3.8) is 0 Å². The van der Waals surface area contributed by atoms with Crippen LogP contribution in [0.4, 0.5) is 11.4 Å². The lowest BCUT2D eigenvalue weighted by atomic mass is 10.1. The molecule has 0 N–H and O–H groups in total. The molecule has 0 radical (unpaired) electrons. The summed E-state index contributed by atoms with van der Waals surface area (Å²) >= 11 is 1.56. The van der Waals surface area contributed by atoms with Crippen molar-refractivity contribution in [3.05, 3.63) is 129 Å². The molecule has 5 rings (SSSR count). The molecule has 198 valence electrons. The number of rotatable bonds is 8. The Morgan fingerprint density at radius 1 is 0.800 bits per heavy atom. The summed E-state index contributed by atoms with van der Waals surface area (Å²) in [5.74, 6) is -2.48. The largest absolute Gasteiger partial charge is 0.454 e. The summed E-state index contributed by atoms with van der Waals surface area (Å²) in [6, 6.07) is 24.0. The number of carbonyl (C=O) groups is 4. The van der Waals surface area contributed by atoms with E-state index in [1.54, 1.807) is 23.9 Å². The van der Waals surface area contributed by atoms with Crippen LogP contribution in [0.3, 0.4) is 0 Å². The van der Waals surface area contributed by atoms with Crippen molar-refractivity contribution in [1.29, 1.82) is 0 Å². The predicted octanol–water partition coefficient (Wildman–Crippen LogP) is 5.89. The number of ether oxygens (including phenoxy) is 1. The number of nitro groups is 1. The average molecular weight is 553 g/mol. The summed E-state index contributed by atoms with van der Waals surface area (Å²) in [6.45, 7) is 1.42. The Kier molecular flexibility index (Phi) is 7.26. The van der Waals surface area contributed by atoms with Gasteiger partial charge in [0.25, 0.3) is 17.5 Å². The van der Waals surface area contributed by atoms with Crippen LogP contribution >= 0.6 is 11.8 Å². The zero-order chi connectivity index (χ0) is 28.4. The third-order valence-electron chi connectivity index (χ3n) is 6.21. The van der Waals surface area contributed by atoms with Crippen molar-refractivity contribution in [2.75, 3.05) is 11.5 Å². The second-order valence-electron chi connectivity index (χ2n) is 8.92. The van der Waals surface area contributed by atoms with Crippen LogP contribution in [0.15, 0.2) is 101 Å². The van der Waals surface area contributed by atoms with E-state index in [1.165, 1.54) is 42.5 Å². The number of aryl methyl sites for hydroxylation is 1. The summed E-state index contributed by atoms with van der Waals surface area (Å²) in [4.78, 5) is 64.4. The highest BCUT2D eigenvalue weighted by atomic mass is 32.2. The molecule has 0 saturated heterocycles. The molecule has 0 fully saturated rings. The fraction of sp³-hybridized carbons (Fsp3) is 0.0667. The Morgan fingerprint density at radius 3 is 2.00 bits per heavy atom. The van der Waals surface area contributed by atoms with Crippen molar-refractivity contribution >= 4 is 46.7 Å². The molecule has 0 saturated carbocycles. The molecule has 0 unspecified atom stereocenters. The number of anilines is 1. The monoisotopic (exact) mass is 552 g/mol. The minimum absolute atomic E-state index is 0.00287. The topological polar surface area (TPSA) is 124 Å². The number of imide groups is 1. The molecule has 0 aromatic heterocycles. The molecule has 0 atom stereocenters. The van der Waals surface area contributed by atoms with E-state index in [9.17, 15) is 29.3 Å². The second-order valence-corrected chi connectivity index (χ2v) is 10.1. The molecule has 1 aliphatic rings. The molecule has 4 aromatic carbocycles. The molecule has 40 heavy (non-hydrogen) atoms. The fourth-order valence-electron chi connectivity index (χ4n) is 4.07. The van der Waals surface area contributed by atoms with Gasteiger partial charge in [-0.3, -0.25) is 24.5 Å². The molecule has 1 aliphatic heterocycles. The number of hydrogen-bond acceptors (Lipinski definition) is 8. The molecule has 10 heteroatoms. The Balaban J connectivity index is 1.25. The first-order valence-electron chi connectivity index (χ1n) is 12.0. The van der Waals surface area contributed by atoms with Crippen molar-refractivity contribution in [1.82, 2.24) is 0 Å². The van der Waals surface area contributed by atoms with Gasteiger partial charge in [-0.1, -0.05) is 29.5 Å². The molecule has 9 nitrogen and oxygen atoms in total. The second kappa shape index (κ2) is 11.0. The van der Waals surface area contributed by atoms with E-state index in [0.29, 0.717) is 5.69 Å². The highest BCUT2D eigenvalue weighted by Crippen LogP contribution is 2.33. The van der Waals surface area contributed by atoms with Gasteiger partial charge < -0.3 is 4.74 Å². The minimum Gasteiger partial charge on any atom is -0.454 e. The van der Waals surface area contributed by atoms with Crippen LogP contribution < -0.4 is 4.90 Å². The van der Waals surface area contributed by atoms with Gasteiger partial charge in [-0.25, -0.2) is 9.69 Å². The van der Waals surface area contributed by atoms with E-state index >= 15 is 0 Å². The van der Waals surface area contributed by atoms with Crippen LogP contribution in [-0.4, -0.2) is 35.1 Å². The normalized spacial score (nSPS) is 12.3. The van der Waals surface area contributed by atoms with E-state index in [1.807, 2.05) is 43.3 Å². The van der Waals surface area contributed by atoms with Crippen molar-refractivity contribution in [2.24, 2.45) is 0 Å². The van der Waals surface area contributed by atoms with Gasteiger partial charge in [0.1, 0.15) is 0 Å². The molecule has 0 bridgehead atoms. The number of hydrogen-bond donors (Lipinski definition) is 0. The number of benzene rings is 4. The van der Waals surface area contributed by atoms with Gasteiger partial charge in [-0.05, 0) is 73.7 Å². The van der Waals surface area contributed by atoms with Gasteiger partial charge in [-0.15, -0.1) is 0 Å². The molecular weight excluding hydrogens is 532 g/mol. The van der Waals surface area contributed by atoms with Gasteiger partial charge in [0.2, 0.25) is 0 Å². The Morgan fingerprint density at radius 2 is 1.38 bits per heavy atom. The van der Waals surface area contributed by atoms with Crippen molar-refractivity contribution in [3.8, 4) is 0 Å². The number of nitrogens with zero attached hydrogens (tertiary/aromatic N) is 2. The van der Waals surface area contributed by atoms with Gasteiger partial charge in [0, 0.05) is 27.5 Å². The van der Waals surface area contributed by atoms with Gasteiger partial charge in [0.15, 0.2) is 12.4 Å². The lowest BCUT2D eigenvalue weighted by Gasteiger charge is -2.14. The molecule has 1 heterocycles. The van der Waals surface area contributed by atoms with E-state index in [4.69, 9.17) is 4.74 Å².